The molecule has 0 aliphatic carbocycles. The molecule has 0 saturated carbocycles. The van der Waals surface area contributed by atoms with E-state index in [1.165, 1.54) is 0 Å². The highest BCUT2D eigenvalue weighted by Gasteiger charge is 2.08. The fraction of sp³-hybridized carbons (Fsp3) is 0.533. The zero-order valence-corrected chi connectivity index (χ0v) is 13.0. The summed E-state index contributed by atoms with van der Waals surface area (Å²) in [7, 11) is -3.26. The van der Waals surface area contributed by atoms with Gasteiger partial charge in [0.25, 0.3) is 0 Å². The van der Waals surface area contributed by atoms with Crippen molar-refractivity contribution in [3.8, 4) is 0 Å². The summed E-state index contributed by atoms with van der Waals surface area (Å²) in [6.07, 6.45) is 4.86. The number of carbonyl (C=O) groups excluding carboxylic acids is 1. The van der Waals surface area contributed by atoms with Gasteiger partial charge >= 0.3 is 0 Å². The van der Waals surface area contributed by atoms with Gasteiger partial charge in [-0.2, -0.15) is 0 Å². The Kier molecular flexibility index (Phi) is 6.71. The van der Waals surface area contributed by atoms with Gasteiger partial charge in [0, 0.05) is 17.7 Å². The molecular formula is C15H23NO3S. The minimum atomic E-state index is -3.26. The third kappa shape index (κ3) is 5.74. The molecule has 0 aliphatic rings. The van der Waals surface area contributed by atoms with Crippen molar-refractivity contribution in [2.75, 3.05) is 10.5 Å². The SMILES string of the molecule is CCCCCCC(=O)c1ccc(NS(=O)(=O)CC)cc1. The van der Waals surface area contributed by atoms with Gasteiger partial charge in [-0.1, -0.05) is 26.2 Å². The number of Topliss-reactive ketones (excluding diaryl/α,β-unsaturated/α-hetero) is 1. The van der Waals surface area contributed by atoms with E-state index in [-0.39, 0.29) is 11.5 Å². The fourth-order valence-electron chi connectivity index (χ4n) is 1.83. The van der Waals surface area contributed by atoms with E-state index in [4.69, 9.17) is 0 Å². The highest BCUT2D eigenvalue weighted by atomic mass is 32.2. The van der Waals surface area contributed by atoms with Crippen LogP contribution in [0.15, 0.2) is 24.3 Å². The molecule has 0 atom stereocenters. The summed E-state index contributed by atoms with van der Waals surface area (Å²) in [6.45, 7) is 3.72. The van der Waals surface area contributed by atoms with E-state index in [0.717, 1.165) is 25.7 Å². The van der Waals surface area contributed by atoms with Crippen LogP contribution in [0, 0.1) is 0 Å². The van der Waals surface area contributed by atoms with E-state index in [0.29, 0.717) is 17.7 Å². The van der Waals surface area contributed by atoms with Crippen molar-refractivity contribution in [2.45, 2.75) is 46.0 Å². The van der Waals surface area contributed by atoms with Gasteiger partial charge in [0.05, 0.1) is 5.75 Å². The Hall–Kier alpha value is -1.36. The summed E-state index contributed by atoms with van der Waals surface area (Å²) >= 11 is 0. The van der Waals surface area contributed by atoms with Crippen molar-refractivity contribution < 1.29 is 13.2 Å². The molecule has 0 aromatic heterocycles. The number of rotatable bonds is 9. The van der Waals surface area contributed by atoms with Gasteiger partial charge in [-0.3, -0.25) is 9.52 Å². The summed E-state index contributed by atoms with van der Waals surface area (Å²) in [6, 6.07) is 6.62. The van der Waals surface area contributed by atoms with Crippen LogP contribution >= 0.6 is 0 Å². The number of unbranched alkanes of at least 4 members (excludes halogenated alkanes) is 3. The maximum atomic E-state index is 11.9. The number of sulfonamides is 1. The molecule has 5 heteroatoms. The van der Waals surface area contributed by atoms with E-state index >= 15 is 0 Å². The molecule has 0 saturated heterocycles. The first-order chi connectivity index (χ1) is 9.48. The molecule has 0 radical (unpaired) electrons. The Balaban J connectivity index is 2.55. The van der Waals surface area contributed by atoms with Crippen LogP contribution in [-0.4, -0.2) is 20.0 Å². The molecule has 0 fully saturated rings. The van der Waals surface area contributed by atoms with Crippen LogP contribution in [0.5, 0.6) is 0 Å². The minimum Gasteiger partial charge on any atom is -0.294 e. The number of ketones is 1. The van der Waals surface area contributed by atoms with Crippen molar-refractivity contribution >= 4 is 21.5 Å². The number of hydrogen-bond donors (Lipinski definition) is 1. The Morgan fingerprint density at radius 3 is 2.25 bits per heavy atom. The molecule has 1 aromatic rings. The first kappa shape index (κ1) is 16.7. The lowest BCUT2D eigenvalue weighted by Crippen LogP contribution is -2.14. The van der Waals surface area contributed by atoms with Gasteiger partial charge in [0.1, 0.15) is 0 Å². The average molecular weight is 297 g/mol. The second-order valence-electron chi connectivity index (χ2n) is 4.82. The molecule has 112 valence electrons. The zero-order valence-electron chi connectivity index (χ0n) is 12.2. The highest BCUT2D eigenvalue weighted by molar-refractivity contribution is 7.92. The first-order valence-corrected chi connectivity index (χ1v) is 8.77. The first-order valence-electron chi connectivity index (χ1n) is 7.12. The predicted octanol–water partition coefficient (Wildman–Crippen LogP) is 3.60. The molecule has 0 unspecified atom stereocenters. The lowest BCUT2D eigenvalue weighted by Gasteiger charge is -2.06. The highest BCUT2D eigenvalue weighted by Crippen LogP contribution is 2.14. The Labute approximate surface area is 121 Å². The summed E-state index contributed by atoms with van der Waals surface area (Å²) in [5, 5.41) is 0. The van der Waals surface area contributed by atoms with E-state index in [1.54, 1.807) is 31.2 Å². The number of carbonyl (C=O) groups is 1. The molecule has 20 heavy (non-hydrogen) atoms. The number of nitrogens with one attached hydrogen (secondary N) is 1. The van der Waals surface area contributed by atoms with E-state index in [2.05, 4.69) is 11.6 Å². The number of hydrogen-bond acceptors (Lipinski definition) is 3. The zero-order chi connectivity index (χ0) is 15.0. The normalized spacial score (nSPS) is 11.3. The van der Waals surface area contributed by atoms with E-state index in [1.807, 2.05) is 0 Å². The van der Waals surface area contributed by atoms with Gasteiger partial charge < -0.3 is 0 Å². The van der Waals surface area contributed by atoms with Crippen LogP contribution in [-0.2, 0) is 10.0 Å². The van der Waals surface area contributed by atoms with Gasteiger partial charge in [-0.25, -0.2) is 8.42 Å². The lowest BCUT2D eigenvalue weighted by molar-refractivity contribution is 0.0979. The molecular weight excluding hydrogens is 274 g/mol. The van der Waals surface area contributed by atoms with Crippen molar-refractivity contribution in [3.05, 3.63) is 29.8 Å². The monoisotopic (exact) mass is 297 g/mol. The average Bonchev–Trinajstić information content (AvgIpc) is 2.44. The molecule has 0 aliphatic heterocycles. The molecule has 1 N–H and O–H groups in total. The van der Waals surface area contributed by atoms with Gasteiger partial charge in [0.2, 0.25) is 10.0 Å². The predicted molar refractivity (Wildman–Crippen MR) is 82.6 cm³/mol. The van der Waals surface area contributed by atoms with Crippen LogP contribution in [0.3, 0.4) is 0 Å². The Morgan fingerprint density at radius 1 is 1.05 bits per heavy atom. The standard InChI is InChI=1S/C15H23NO3S/c1-3-5-6-7-8-15(17)13-9-11-14(12-10-13)16-20(18,19)4-2/h9-12,16H,3-8H2,1-2H3. The van der Waals surface area contributed by atoms with Crippen LogP contribution in [0.25, 0.3) is 0 Å². The molecule has 4 nitrogen and oxygen atoms in total. The Bertz CT molecular complexity index is 521. The van der Waals surface area contributed by atoms with Crippen molar-refractivity contribution in [2.24, 2.45) is 0 Å². The van der Waals surface area contributed by atoms with Crippen LogP contribution in [0.2, 0.25) is 0 Å². The smallest absolute Gasteiger partial charge is 0.232 e. The van der Waals surface area contributed by atoms with Gasteiger partial charge in [0.15, 0.2) is 5.78 Å². The summed E-state index contributed by atoms with van der Waals surface area (Å²) in [5.41, 5.74) is 1.13. The summed E-state index contributed by atoms with van der Waals surface area (Å²) in [5.74, 6) is 0.150. The quantitative estimate of drug-likeness (QED) is 0.559. The minimum absolute atomic E-state index is 0.0328. The molecule has 0 amide bonds. The van der Waals surface area contributed by atoms with Crippen molar-refractivity contribution in [3.63, 3.8) is 0 Å². The van der Waals surface area contributed by atoms with Crippen molar-refractivity contribution in [1.29, 1.82) is 0 Å². The van der Waals surface area contributed by atoms with Crippen LogP contribution < -0.4 is 4.72 Å². The van der Waals surface area contributed by atoms with Crippen molar-refractivity contribution in [1.82, 2.24) is 0 Å². The third-order valence-corrected chi connectivity index (χ3v) is 4.42. The largest absolute Gasteiger partial charge is 0.294 e. The maximum Gasteiger partial charge on any atom is 0.232 e. The maximum absolute atomic E-state index is 11.9. The van der Waals surface area contributed by atoms with Crippen LogP contribution in [0.1, 0.15) is 56.3 Å². The molecule has 0 heterocycles. The van der Waals surface area contributed by atoms with E-state index < -0.39 is 10.0 Å². The Morgan fingerprint density at radius 2 is 1.70 bits per heavy atom. The fourth-order valence-corrected chi connectivity index (χ4v) is 2.47. The molecule has 0 bridgehead atoms. The second kappa shape index (κ2) is 8.04. The second-order valence-corrected chi connectivity index (χ2v) is 6.83. The lowest BCUT2D eigenvalue weighted by atomic mass is 10.0. The van der Waals surface area contributed by atoms with Crippen LogP contribution in [0.4, 0.5) is 5.69 Å². The summed E-state index contributed by atoms with van der Waals surface area (Å²) < 4.78 is 25.3. The van der Waals surface area contributed by atoms with Gasteiger partial charge in [-0.15, -0.1) is 0 Å². The number of anilines is 1. The topological polar surface area (TPSA) is 63.2 Å². The van der Waals surface area contributed by atoms with E-state index in [9.17, 15) is 13.2 Å². The summed E-state index contributed by atoms with van der Waals surface area (Å²) in [4.78, 5) is 11.9. The molecule has 0 spiro atoms. The molecule has 1 rings (SSSR count). The van der Waals surface area contributed by atoms with Gasteiger partial charge in [-0.05, 0) is 37.6 Å². The number of benzene rings is 1. The third-order valence-electron chi connectivity index (χ3n) is 3.12. The molecule has 1 aromatic carbocycles.